The number of benzene rings is 3. The molecule has 0 fully saturated rings. The van der Waals surface area contributed by atoms with Crippen LogP contribution in [0.15, 0.2) is 87.2 Å². The topological polar surface area (TPSA) is 114 Å². The second kappa shape index (κ2) is 8.60. The molecule has 4 rings (SSSR count). The maximum absolute atomic E-state index is 13.1. The number of carbonyl (C=O) groups is 1. The van der Waals surface area contributed by atoms with Gasteiger partial charge >= 0.3 is 5.97 Å². The number of anilines is 1. The molecule has 32 heavy (non-hydrogen) atoms. The van der Waals surface area contributed by atoms with E-state index in [1.54, 1.807) is 67.6 Å². The maximum Gasteiger partial charge on any atom is 0.335 e. The fourth-order valence-corrected chi connectivity index (χ4v) is 5.65. The quantitative estimate of drug-likeness (QED) is 0.411. The summed E-state index contributed by atoms with van der Waals surface area (Å²) < 4.78 is 47.1. The SMILES string of the molecule is Cc1ccc(S(=O)Cc2ccccc2C(=O)O)c(NS(=O)(=O)c2cc3ccccc3o2)c1. The molecule has 2 N–H and O–H groups in total. The van der Waals surface area contributed by atoms with Crippen LogP contribution >= 0.6 is 0 Å². The van der Waals surface area contributed by atoms with Gasteiger partial charge in [0.1, 0.15) is 5.58 Å². The Hall–Kier alpha value is -3.43. The van der Waals surface area contributed by atoms with Crippen molar-refractivity contribution >= 4 is 43.4 Å². The van der Waals surface area contributed by atoms with Gasteiger partial charge in [-0.3, -0.25) is 8.93 Å². The Morgan fingerprint density at radius 2 is 1.75 bits per heavy atom. The minimum absolute atomic E-state index is 0.0531. The second-order valence-corrected chi connectivity index (χ2v) is 10.2. The van der Waals surface area contributed by atoms with E-state index in [4.69, 9.17) is 4.42 Å². The van der Waals surface area contributed by atoms with E-state index in [9.17, 15) is 22.5 Å². The van der Waals surface area contributed by atoms with Crippen molar-refractivity contribution < 1.29 is 26.9 Å². The van der Waals surface area contributed by atoms with Crippen LogP contribution in [-0.2, 0) is 26.6 Å². The van der Waals surface area contributed by atoms with Crippen molar-refractivity contribution in [1.29, 1.82) is 0 Å². The van der Waals surface area contributed by atoms with Crippen molar-refractivity contribution in [3.63, 3.8) is 0 Å². The van der Waals surface area contributed by atoms with Crippen molar-refractivity contribution in [1.82, 2.24) is 0 Å². The van der Waals surface area contributed by atoms with E-state index < -0.39 is 26.8 Å². The van der Waals surface area contributed by atoms with Gasteiger partial charge in [-0.05, 0) is 42.3 Å². The van der Waals surface area contributed by atoms with Crippen LogP contribution in [0.25, 0.3) is 11.0 Å². The van der Waals surface area contributed by atoms with Crippen LogP contribution in [0.4, 0.5) is 5.69 Å². The predicted molar refractivity (Wildman–Crippen MR) is 122 cm³/mol. The lowest BCUT2D eigenvalue weighted by atomic mass is 10.1. The molecule has 1 aromatic heterocycles. The molecule has 0 saturated carbocycles. The molecule has 0 aliphatic heterocycles. The molecular formula is C23H19NO6S2. The smallest absolute Gasteiger partial charge is 0.335 e. The first kappa shape index (κ1) is 21.8. The number of para-hydroxylation sites is 1. The number of carboxylic acid groups (broad SMARTS) is 1. The lowest BCUT2D eigenvalue weighted by Gasteiger charge is -2.13. The van der Waals surface area contributed by atoms with E-state index >= 15 is 0 Å². The van der Waals surface area contributed by atoms with Crippen molar-refractivity contribution in [3.05, 3.63) is 89.5 Å². The number of hydrogen-bond donors (Lipinski definition) is 2. The highest BCUT2D eigenvalue weighted by molar-refractivity contribution is 7.92. The first-order valence-corrected chi connectivity index (χ1v) is 12.4. The van der Waals surface area contributed by atoms with Gasteiger partial charge in [0.15, 0.2) is 0 Å². The van der Waals surface area contributed by atoms with Gasteiger partial charge in [-0.2, -0.15) is 8.42 Å². The minimum atomic E-state index is -4.09. The largest absolute Gasteiger partial charge is 0.478 e. The Kier molecular flexibility index (Phi) is 5.86. The lowest BCUT2D eigenvalue weighted by molar-refractivity contribution is 0.0696. The van der Waals surface area contributed by atoms with E-state index in [1.807, 2.05) is 0 Å². The standard InChI is InChI=1S/C23H19NO6S2/c1-15-10-11-21(31(27)14-17-7-2-4-8-18(17)23(25)26)19(12-15)24-32(28,29)22-13-16-6-3-5-9-20(16)30-22/h2-13,24H,14H2,1H3,(H,25,26). The number of aryl methyl sites for hydroxylation is 1. The lowest BCUT2D eigenvalue weighted by Crippen LogP contribution is -2.14. The van der Waals surface area contributed by atoms with E-state index in [0.717, 1.165) is 5.56 Å². The summed E-state index contributed by atoms with van der Waals surface area (Å²) in [4.78, 5) is 11.7. The molecule has 7 nitrogen and oxygen atoms in total. The van der Waals surface area contributed by atoms with Crippen LogP contribution < -0.4 is 4.72 Å². The average molecular weight is 470 g/mol. The number of hydrogen-bond acceptors (Lipinski definition) is 5. The summed E-state index contributed by atoms with van der Waals surface area (Å²) in [5, 5.41) is 9.77. The molecule has 3 aromatic carbocycles. The zero-order chi connectivity index (χ0) is 22.9. The Balaban J connectivity index is 1.68. The third-order valence-electron chi connectivity index (χ3n) is 4.83. The third kappa shape index (κ3) is 4.44. The van der Waals surface area contributed by atoms with Crippen LogP contribution in [0.1, 0.15) is 21.5 Å². The van der Waals surface area contributed by atoms with Gasteiger partial charge in [0.05, 0.1) is 32.7 Å². The number of aromatic carboxylic acids is 1. The fourth-order valence-electron chi connectivity index (χ4n) is 3.28. The van der Waals surface area contributed by atoms with E-state index in [0.29, 0.717) is 16.5 Å². The normalized spacial score (nSPS) is 12.5. The van der Waals surface area contributed by atoms with Gasteiger partial charge in [-0.15, -0.1) is 0 Å². The summed E-state index contributed by atoms with van der Waals surface area (Å²) >= 11 is 0. The van der Waals surface area contributed by atoms with Gasteiger partial charge in [-0.1, -0.05) is 42.5 Å². The Morgan fingerprint density at radius 1 is 1.03 bits per heavy atom. The van der Waals surface area contributed by atoms with E-state index in [2.05, 4.69) is 4.72 Å². The molecule has 0 radical (unpaired) electrons. The van der Waals surface area contributed by atoms with Gasteiger partial charge in [0.25, 0.3) is 10.0 Å². The third-order valence-corrected chi connectivity index (χ3v) is 7.47. The molecule has 0 spiro atoms. The van der Waals surface area contributed by atoms with Gasteiger partial charge in [-0.25, -0.2) is 4.79 Å². The summed E-state index contributed by atoms with van der Waals surface area (Å²) in [6, 6.07) is 19.5. The van der Waals surface area contributed by atoms with Crippen LogP contribution in [0.5, 0.6) is 0 Å². The summed E-state index contributed by atoms with van der Waals surface area (Å²) in [5.41, 5.74) is 1.80. The van der Waals surface area contributed by atoms with E-state index in [1.165, 1.54) is 12.1 Å². The molecule has 1 atom stereocenters. The molecule has 9 heteroatoms. The first-order chi connectivity index (χ1) is 15.2. The van der Waals surface area contributed by atoms with Gasteiger partial charge in [0, 0.05) is 11.5 Å². The van der Waals surface area contributed by atoms with Crippen LogP contribution in [-0.4, -0.2) is 23.7 Å². The molecule has 0 saturated heterocycles. The molecule has 1 unspecified atom stereocenters. The van der Waals surface area contributed by atoms with Crippen molar-refractivity contribution in [3.8, 4) is 0 Å². The highest BCUT2D eigenvalue weighted by atomic mass is 32.2. The molecular weight excluding hydrogens is 450 g/mol. The summed E-state index contributed by atoms with van der Waals surface area (Å²) in [5.74, 6) is -1.20. The van der Waals surface area contributed by atoms with Crippen LogP contribution in [0.2, 0.25) is 0 Å². The average Bonchev–Trinajstić information content (AvgIpc) is 3.19. The van der Waals surface area contributed by atoms with Gasteiger partial charge < -0.3 is 9.52 Å². The van der Waals surface area contributed by atoms with Crippen LogP contribution in [0.3, 0.4) is 0 Å². The first-order valence-electron chi connectivity index (χ1n) is 9.56. The number of rotatable bonds is 7. The highest BCUT2D eigenvalue weighted by Crippen LogP contribution is 2.29. The zero-order valence-electron chi connectivity index (χ0n) is 16.9. The maximum atomic E-state index is 13.1. The summed E-state index contributed by atoms with van der Waals surface area (Å²) in [6.45, 7) is 1.78. The monoisotopic (exact) mass is 469 g/mol. The summed E-state index contributed by atoms with van der Waals surface area (Å²) in [7, 11) is -5.80. The minimum Gasteiger partial charge on any atom is -0.478 e. The Morgan fingerprint density at radius 3 is 2.50 bits per heavy atom. The summed E-state index contributed by atoms with van der Waals surface area (Å²) in [6.07, 6.45) is 0. The predicted octanol–water partition coefficient (Wildman–Crippen LogP) is 4.55. The number of sulfonamides is 1. The molecule has 4 aromatic rings. The van der Waals surface area contributed by atoms with Crippen molar-refractivity contribution in [2.75, 3.05) is 4.72 Å². The molecule has 0 aliphatic carbocycles. The number of carboxylic acids is 1. The van der Waals surface area contributed by atoms with Crippen molar-refractivity contribution in [2.45, 2.75) is 22.7 Å². The number of fused-ring (bicyclic) bond motifs is 1. The number of furan rings is 1. The molecule has 0 amide bonds. The Bertz CT molecular complexity index is 1420. The molecule has 1 heterocycles. The van der Waals surface area contributed by atoms with Gasteiger partial charge in [0.2, 0.25) is 5.09 Å². The molecule has 0 bridgehead atoms. The number of nitrogens with one attached hydrogen (secondary N) is 1. The van der Waals surface area contributed by atoms with Crippen molar-refractivity contribution in [2.24, 2.45) is 0 Å². The zero-order valence-corrected chi connectivity index (χ0v) is 18.6. The molecule has 0 aliphatic rings. The van der Waals surface area contributed by atoms with Crippen LogP contribution in [0, 0.1) is 6.92 Å². The Labute approximate surface area is 187 Å². The highest BCUT2D eigenvalue weighted by Gasteiger charge is 2.23. The fraction of sp³-hybridized carbons (Fsp3) is 0.0870. The molecule has 164 valence electrons. The second-order valence-electron chi connectivity index (χ2n) is 7.16. The van der Waals surface area contributed by atoms with E-state index in [-0.39, 0.29) is 27.0 Å².